The van der Waals surface area contributed by atoms with Crippen LogP contribution in [0.2, 0.25) is 0 Å². The molecule has 0 bridgehead atoms. The maximum absolute atomic E-state index is 13.7. The first kappa shape index (κ1) is 13.6. The zero-order chi connectivity index (χ0) is 13.3. The van der Waals surface area contributed by atoms with Gasteiger partial charge in [0, 0.05) is 38.4 Å². The third-order valence-electron chi connectivity index (χ3n) is 2.74. The molecule has 0 saturated carbocycles. The van der Waals surface area contributed by atoms with Crippen molar-refractivity contribution in [3.63, 3.8) is 0 Å². The third-order valence-corrected chi connectivity index (χ3v) is 4.64. The minimum Gasteiger partial charge on any atom is -0.480 e. The standard InChI is InChI=1S/C11H11BrFNO3S/c12-6-1-2-8(13)7(3-6)9-4-18(17)5-10(14-9)11(15)16/h1-3,9-10,14H,4-5H2,(H,15,16). The van der Waals surface area contributed by atoms with Crippen molar-refractivity contribution in [1.29, 1.82) is 0 Å². The first-order valence-electron chi connectivity index (χ1n) is 5.26. The number of carbonyl (C=O) groups is 1. The van der Waals surface area contributed by atoms with Gasteiger partial charge in [-0.25, -0.2) is 4.39 Å². The Kier molecular flexibility index (Phi) is 4.14. The molecule has 1 heterocycles. The minimum atomic E-state index is -1.26. The highest BCUT2D eigenvalue weighted by Crippen LogP contribution is 2.25. The van der Waals surface area contributed by atoms with Crippen molar-refractivity contribution in [2.45, 2.75) is 12.1 Å². The number of rotatable bonds is 2. The molecule has 1 aliphatic rings. The molecule has 1 aliphatic heterocycles. The smallest absolute Gasteiger partial charge is 0.321 e. The van der Waals surface area contributed by atoms with Gasteiger partial charge in [-0.2, -0.15) is 0 Å². The van der Waals surface area contributed by atoms with Gasteiger partial charge < -0.3 is 5.11 Å². The first-order chi connectivity index (χ1) is 8.47. The SMILES string of the molecule is O=C(O)C1CS(=O)CC(c2cc(Br)ccc2F)N1. The van der Waals surface area contributed by atoms with Gasteiger partial charge in [-0.15, -0.1) is 0 Å². The van der Waals surface area contributed by atoms with E-state index in [1.807, 2.05) is 0 Å². The van der Waals surface area contributed by atoms with Crippen molar-refractivity contribution < 1.29 is 18.5 Å². The topological polar surface area (TPSA) is 66.4 Å². The molecule has 98 valence electrons. The van der Waals surface area contributed by atoms with Gasteiger partial charge in [-0.3, -0.25) is 14.3 Å². The molecule has 7 heteroatoms. The summed E-state index contributed by atoms with van der Waals surface area (Å²) in [7, 11) is -1.26. The fourth-order valence-corrected chi connectivity index (χ4v) is 3.66. The molecular weight excluding hydrogens is 325 g/mol. The predicted octanol–water partition coefficient (Wildman–Crippen LogP) is 1.43. The summed E-state index contributed by atoms with van der Waals surface area (Å²) in [5.41, 5.74) is 0.337. The quantitative estimate of drug-likeness (QED) is 0.858. The number of benzene rings is 1. The van der Waals surface area contributed by atoms with Crippen LogP contribution in [0, 0.1) is 5.82 Å². The molecule has 1 saturated heterocycles. The molecule has 4 nitrogen and oxygen atoms in total. The lowest BCUT2D eigenvalue weighted by molar-refractivity contribution is -0.139. The second-order valence-electron chi connectivity index (χ2n) is 4.05. The van der Waals surface area contributed by atoms with E-state index in [-0.39, 0.29) is 11.5 Å². The van der Waals surface area contributed by atoms with Crippen LogP contribution in [0.15, 0.2) is 22.7 Å². The fourth-order valence-electron chi connectivity index (χ4n) is 1.88. The number of carboxylic acid groups (broad SMARTS) is 1. The molecule has 0 spiro atoms. The maximum Gasteiger partial charge on any atom is 0.321 e. The fraction of sp³-hybridized carbons (Fsp3) is 0.364. The number of hydrogen-bond acceptors (Lipinski definition) is 3. The Morgan fingerprint density at radius 2 is 2.22 bits per heavy atom. The summed E-state index contributed by atoms with van der Waals surface area (Å²) in [5.74, 6) is -1.22. The highest BCUT2D eigenvalue weighted by molar-refractivity contribution is 9.10. The molecule has 2 rings (SSSR count). The largest absolute Gasteiger partial charge is 0.480 e. The van der Waals surface area contributed by atoms with Crippen molar-refractivity contribution in [1.82, 2.24) is 5.32 Å². The molecule has 1 fully saturated rings. The Morgan fingerprint density at radius 1 is 1.50 bits per heavy atom. The summed E-state index contributed by atoms with van der Waals surface area (Å²) >= 11 is 3.24. The van der Waals surface area contributed by atoms with Crippen molar-refractivity contribution in [2.24, 2.45) is 0 Å². The summed E-state index contributed by atoms with van der Waals surface area (Å²) in [4.78, 5) is 10.9. The lowest BCUT2D eigenvalue weighted by Crippen LogP contribution is -2.49. The van der Waals surface area contributed by atoms with Gasteiger partial charge in [0.15, 0.2) is 0 Å². The van der Waals surface area contributed by atoms with Gasteiger partial charge in [-0.1, -0.05) is 15.9 Å². The van der Waals surface area contributed by atoms with Crippen molar-refractivity contribution >= 4 is 32.7 Å². The number of nitrogens with one attached hydrogen (secondary N) is 1. The number of halogens is 2. The molecule has 0 aliphatic carbocycles. The average Bonchev–Trinajstić information content (AvgIpc) is 2.31. The van der Waals surface area contributed by atoms with Crippen LogP contribution in [0.4, 0.5) is 4.39 Å². The third kappa shape index (κ3) is 2.96. The first-order valence-corrected chi connectivity index (χ1v) is 7.54. The number of hydrogen-bond donors (Lipinski definition) is 2. The van der Waals surface area contributed by atoms with E-state index in [0.717, 1.165) is 0 Å². The monoisotopic (exact) mass is 335 g/mol. The Morgan fingerprint density at radius 3 is 2.89 bits per heavy atom. The van der Waals surface area contributed by atoms with E-state index in [1.165, 1.54) is 6.07 Å². The molecule has 2 N–H and O–H groups in total. The zero-order valence-electron chi connectivity index (χ0n) is 9.23. The Labute approximate surface area is 114 Å². The molecule has 18 heavy (non-hydrogen) atoms. The summed E-state index contributed by atoms with van der Waals surface area (Å²) < 4.78 is 26.0. The molecule has 3 unspecified atom stereocenters. The van der Waals surface area contributed by atoms with Gasteiger partial charge in [0.2, 0.25) is 0 Å². The minimum absolute atomic E-state index is 0.0570. The van der Waals surface area contributed by atoms with E-state index in [0.29, 0.717) is 10.0 Å². The Hall–Kier alpha value is -0.790. The lowest BCUT2D eigenvalue weighted by atomic mass is 10.1. The lowest BCUT2D eigenvalue weighted by Gasteiger charge is -2.28. The van der Waals surface area contributed by atoms with Crippen LogP contribution in [0.3, 0.4) is 0 Å². The molecule has 1 aromatic rings. The van der Waals surface area contributed by atoms with Gasteiger partial charge in [-0.05, 0) is 18.2 Å². The van der Waals surface area contributed by atoms with Crippen LogP contribution in [0.5, 0.6) is 0 Å². The van der Waals surface area contributed by atoms with E-state index in [4.69, 9.17) is 5.11 Å². The number of aliphatic carboxylic acids is 1. The second kappa shape index (κ2) is 5.46. The van der Waals surface area contributed by atoms with Crippen LogP contribution in [-0.4, -0.2) is 32.8 Å². The van der Waals surface area contributed by atoms with Gasteiger partial charge in [0.25, 0.3) is 0 Å². The van der Waals surface area contributed by atoms with Crippen LogP contribution in [0.25, 0.3) is 0 Å². The van der Waals surface area contributed by atoms with E-state index >= 15 is 0 Å². The van der Waals surface area contributed by atoms with Crippen LogP contribution in [-0.2, 0) is 15.6 Å². The predicted molar refractivity (Wildman–Crippen MR) is 69.3 cm³/mol. The summed E-state index contributed by atoms with van der Waals surface area (Å²) in [6.45, 7) is 0. The molecule has 0 radical (unpaired) electrons. The normalized spacial score (nSPS) is 28.0. The van der Waals surface area contributed by atoms with Crippen LogP contribution in [0.1, 0.15) is 11.6 Å². The Balaban J connectivity index is 2.29. The van der Waals surface area contributed by atoms with E-state index in [9.17, 15) is 13.4 Å². The summed E-state index contributed by atoms with van der Waals surface area (Å²) in [5, 5.41) is 11.8. The molecular formula is C11H11BrFNO3S. The van der Waals surface area contributed by atoms with Gasteiger partial charge >= 0.3 is 5.97 Å². The Bertz CT molecular complexity index is 511. The molecule has 0 aromatic heterocycles. The summed E-state index contributed by atoms with van der Waals surface area (Å²) in [6.07, 6.45) is 0. The molecule has 1 aromatic carbocycles. The van der Waals surface area contributed by atoms with Crippen LogP contribution < -0.4 is 5.32 Å². The van der Waals surface area contributed by atoms with Gasteiger partial charge in [0.05, 0.1) is 0 Å². The van der Waals surface area contributed by atoms with E-state index < -0.39 is 34.7 Å². The number of carboxylic acids is 1. The maximum atomic E-state index is 13.7. The van der Waals surface area contributed by atoms with Crippen molar-refractivity contribution in [2.75, 3.05) is 11.5 Å². The van der Waals surface area contributed by atoms with E-state index in [1.54, 1.807) is 12.1 Å². The zero-order valence-corrected chi connectivity index (χ0v) is 11.6. The van der Waals surface area contributed by atoms with Gasteiger partial charge in [0.1, 0.15) is 11.9 Å². The van der Waals surface area contributed by atoms with E-state index in [2.05, 4.69) is 21.2 Å². The average molecular weight is 336 g/mol. The highest BCUT2D eigenvalue weighted by atomic mass is 79.9. The molecule has 3 atom stereocenters. The van der Waals surface area contributed by atoms with Crippen molar-refractivity contribution in [3.05, 3.63) is 34.1 Å². The summed E-state index contributed by atoms with van der Waals surface area (Å²) in [6, 6.07) is 3.00. The van der Waals surface area contributed by atoms with Crippen LogP contribution >= 0.6 is 15.9 Å². The molecule has 0 amide bonds. The second-order valence-corrected chi connectivity index (χ2v) is 6.51. The highest BCUT2D eigenvalue weighted by Gasteiger charge is 2.32. The van der Waals surface area contributed by atoms with Crippen molar-refractivity contribution in [3.8, 4) is 0 Å².